The average Bonchev–Trinajstić information content (AvgIpc) is 3.25. The maximum Gasteiger partial charge on any atom is 0.269 e. The summed E-state index contributed by atoms with van der Waals surface area (Å²) < 4.78 is 29.8. The summed E-state index contributed by atoms with van der Waals surface area (Å²) in [6, 6.07) is 17.5. The number of rotatable bonds is 9. The number of hydrogen-bond acceptors (Lipinski definition) is 7. The van der Waals surface area contributed by atoms with E-state index in [0.717, 1.165) is 23.3 Å². The number of halogens is 2. The minimum Gasteiger partial charge on any atom is -0.271 e. The van der Waals surface area contributed by atoms with Crippen LogP contribution in [0.1, 0.15) is 17.0 Å². The van der Waals surface area contributed by atoms with Crippen molar-refractivity contribution in [3.63, 3.8) is 0 Å². The van der Waals surface area contributed by atoms with Crippen LogP contribution in [0.25, 0.3) is 5.69 Å². The van der Waals surface area contributed by atoms with E-state index in [4.69, 9.17) is 23.2 Å². The lowest BCUT2D eigenvalue weighted by Gasteiger charge is -2.13. The molecule has 1 heterocycles. The zero-order valence-corrected chi connectivity index (χ0v) is 21.9. The highest BCUT2D eigenvalue weighted by Gasteiger charge is 2.21. The maximum absolute atomic E-state index is 12.8. The summed E-state index contributed by atoms with van der Waals surface area (Å²) in [5.41, 5.74) is 2.60. The lowest BCUT2D eigenvalue weighted by atomic mass is 10.1. The second-order valence-corrected chi connectivity index (χ2v) is 11.2. The first-order valence-electron chi connectivity index (χ1n) is 10.5. The predicted molar refractivity (Wildman–Crippen MR) is 139 cm³/mol. The number of hydrogen-bond donors (Lipinski definition) is 1. The summed E-state index contributed by atoms with van der Waals surface area (Å²) in [7, 11) is -3.98. The molecule has 13 heteroatoms. The molecule has 0 atom stereocenters. The standard InChI is InChI=1S/C23H19Cl2N5O4S2/c1-15-4-2-3-5-16(15)14-35-23-28-27-22(29(23)21-11-6-17(24)12-20(21)25)13-26-36(33,34)19-9-7-18(8-10-19)30(31)32/h2-12,26H,13-14H2,1H3. The molecule has 0 bridgehead atoms. The summed E-state index contributed by atoms with van der Waals surface area (Å²) in [6.45, 7) is 1.82. The lowest BCUT2D eigenvalue weighted by molar-refractivity contribution is -0.384. The van der Waals surface area contributed by atoms with Gasteiger partial charge in [-0.05, 0) is 48.4 Å². The molecule has 0 spiro atoms. The van der Waals surface area contributed by atoms with Crippen LogP contribution in [0.4, 0.5) is 5.69 Å². The highest BCUT2D eigenvalue weighted by atomic mass is 35.5. The number of sulfonamides is 1. The molecule has 0 radical (unpaired) electrons. The minimum absolute atomic E-state index is 0.113. The van der Waals surface area contributed by atoms with Crippen molar-refractivity contribution in [3.8, 4) is 5.69 Å². The highest BCUT2D eigenvalue weighted by Crippen LogP contribution is 2.31. The fraction of sp³-hybridized carbons (Fsp3) is 0.130. The van der Waals surface area contributed by atoms with Gasteiger partial charge < -0.3 is 0 Å². The first-order valence-corrected chi connectivity index (χ1v) is 13.7. The smallest absolute Gasteiger partial charge is 0.269 e. The SMILES string of the molecule is Cc1ccccc1CSc1nnc(CNS(=O)(=O)c2ccc([N+](=O)[O-])cc2)n1-c1ccc(Cl)cc1Cl. The normalized spacial score (nSPS) is 11.5. The zero-order valence-electron chi connectivity index (χ0n) is 18.8. The number of aromatic nitrogens is 3. The number of thioether (sulfide) groups is 1. The molecule has 9 nitrogen and oxygen atoms in total. The summed E-state index contributed by atoms with van der Waals surface area (Å²) in [5.74, 6) is 0.918. The third-order valence-electron chi connectivity index (χ3n) is 5.25. The monoisotopic (exact) mass is 563 g/mol. The van der Waals surface area contributed by atoms with Crippen molar-refractivity contribution in [2.24, 2.45) is 0 Å². The van der Waals surface area contributed by atoms with Crippen LogP contribution in [-0.2, 0) is 22.3 Å². The van der Waals surface area contributed by atoms with Crippen molar-refractivity contribution >= 4 is 50.7 Å². The Kier molecular flexibility index (Phi) is 7.96. The first-order chi connectivity index (χ1) is 17.2. The van der Waals surface area contributed by atoms with Gasteiger partial charge in [-0.15, -0.1) is 10.2 Å². The molecule has 0 unspecified atom stereocenters. The molecule has 3 aromatic carbocycles. The van der Waals surface area contributed by atoms with Gasteiger partial charge in [-0.1, -0.05) is 59.2 Å². The molecule has 4 aromatic rings. The van der Waals surface area contributed by atoms with Crippen LogP contribution >= 0.6 is 35.0 Å². The average molecular weight is 564 g/mol. The molecule has 0 saturated heterocycles. The predicted octanol–water partition coefficient (Wildman–Crippen LogP) is 5.56. The van der Waals surface area contributed by atoms with Gasteiger partial charge in [0, 0.05) is 22.9 Å². The fourth-order valence-electron chi connectivity index (χ4n) is 3.32. The topological polar surface area (TPSA) is 120 Å². The number of nitrogens with one attached hydrogen (secondary N) is 1. The van der Waals surface area contributed by atoms with Crippen LogP contribution in [0.5, 0.6) is 0 Å². The van der Waals surface area contributed by atoms with Gasteiger partial charge >= 0.3 is 0 Å². The van der Waals surface area contributed by atoms with Gasteiger partial charge in [0.05, 0.1) is 27.1 Å². The van der Waals surface area contributed by atoms with Crippen molar-refractivity contribution in [2.45, 2.75) is 29.3 Å². The molecule has 0 amide bonds. The van der Waals surface area contributed by atoms with Crippen LogP contribution in [0.2, 0.25) is 10.0 Å². The molecule has 0 saturated carbocycles. The molecule has 0 fully saturated rings. The molecule has 4 rings (SSSR count). The second-order valence-electron chi connectivity index (χ2n) is 7.62. The number of nitro groups is 1. The van der Waals surface area contributed by atoms with Crippen molar-refractivity contribution in [3.05, 3.63) is 104 Å². The quantitative estimate of drug-likeness (QED) is 0.161. The molecular formula is C23H19Cl2N5O4S2. The van der Waals surface area contributed by atoms with Crippen LogP contribution in [0, 0.1) is 17.0 Å². The molecule has 36 heavy (non-hydrogen) atoms. The minimum atomic E-state index is -3.98. The highest BCUT2D eigenvalue weighted by molar-refractivity contribution is 7.98. The van der Waals surface area contributed by atoms with Crippen LogP contribution in [-0.4, -0.2) is 28.1 Å². The third-order valence-corrected chi connectivity index (χ3v) is 8.18. The van der Waals surface area contributed by atoms with E-state index >= 15 is 0 Å². The van der Waals surface area contributed by atoms with Crippen molar-refractivity contribution < 1.29 is 13.3 Å². The van der Waals surface area contributed by atoms with Gasteiger partial charge in [-0.25, -0.2) is 13.1 Å². The lowest BCUT2D eigenvalue weighted by Crippen LogP contribution is -2.25. The number of nitro benzene ring substituents is 1. The third kappa shape index (κ3) is 5.88. The largest absolute Gasteiger partial charge is 0.271 e. The molecule has 1 N–H and O–H groups in total. The van der Waals surface area contributed by atoms with E-state index in [0.29, 0.717) is 32.5 Å². The van der Waals surface area contributed by atoms with Crippen LogP contribution in [0.15, 0.2) is 76.8 Å². The van der Waals surface area contributed by atoms with Crippen LogP contribution < -0.4 is 4.72 Å². The number of nitrogens with zero attached hydrogens (tertiary/aromatic N) is 4. The fourth-order valence-corrected chi connectivity index (χ4v) is 5.83. The van der Waals surface area contributed by atoms with E-state index in [1.165, 1.54) is 23.9 Å². The summed E-state index contributed by atoms with van der Waals surface area (Å²) in [6.07, 6.45) is 0. The van der Waals surface area contributed by atoms with E-state index in [2.05, 4.69) is 14.9 Å². The van der Waals surface area contributed by atoms with Crippen molar-refractivity contribution in [1.29, 1.82) is 0 Å². The maximum atomic E-state index is 12.8. The van der Waals surface area contributed by atoms with Crippen molar-refractivity contribution in [2.75, 3.05) is 0 Å². The number of non-ortho nitro benzene ring substituents is 1. The van der Waals surface area contributed by atoms with Gasteiger partial charge in [0.15, 0.2) is 11.0 Å². The molecule has 1 aromatic heterocycles. The summed E-state index contributed by atoms with van der Waals surface area (Å²) in [5, 5.41) is 20.7. The Bertz CT molecular complexity index is 1530. The van der Waals surface area contributed by atoms with Gasteiger partial charge in [0.2, 0.25) is 10.0 Å². The van der Waals surface area contributed by atoms with E-state index in [-0.39, 0.29) is 17.1 Å². The zero-order chi connectivity index (χ0) is 25.9. The molecule has 0 aliphatic heterocycles. The Morgan fingerprint density at radius 1 is 1.06 bits per heavy atom. The first kappa shape index (κ1) is 26.1. The van der Waals surface area contributed by atoms with Gasteiger partial charge in [0.25, 0.3) is 5.69 Å². The second kappa shape index (κ2) is 11.0. The van der Waals surface area contributed by atoms with E-state index in [1.807, 2.05) is 31.2 Å². The Balaban J connectivity index is 1.63. The Morgan fingerprint density at radius 2 is 1.78 bits per heavy atom. The molecule has 0 aliphatic carbocycles. The van der Waals surface area contributed by atoms with Gasteiger partial charge in [-0.3, -0.25) is 14.7 Å². The van der Waals surface area contributed by atoms with Crippen molar-refractivity contribution in [1.82, 2.24) is 19.5 Å². The van der Waals surface area contributed by atoms with Gasteiger partial charge in [-0.2, -0.15) is 0 Å². The van der Waals surface area contributed by atoms with Crippen LogP contribution in [0.3, 0.4) is 0 Å². The molecule has 0 aliphatic rings. The van der Waals surface area contributed by atoms with E-state index in [9.17, 15) is 18.5 Å². The molecule has 186 valence electrons. The Labute approximate surface area is 221 Å². The van der Waals surface area contributed by atoms with E-state index < -0.39 is 14.9 Å². The summed E-state index contributed by atoms with van der Waals surface area (Å²) in [4.78, 5) is 10.1. The molecular weight excluding hydrogens is 545 g/mol. The Morgan fingerprint density at radius 3 is 2.44 bits per heavy atom. The number of aryl methyl sites for hydroxylation is 1. The van der Waals surface area contributed by atoms with E-state index in [1.54, 1.807) is 22.8 Å². The Hall–Kier alpha value is -2.96. The van der Waals surface area contributed by atoms with Gasteiger partial charge in [0.1, 0.15) is 0 Å². The number of benzene rings is 3. The summed E-state index contributed by atoms with van der Waals surface area (Å²) >= 11 is 14.0.